The second kappa shape index (κ2) is 11.5. The van der Waals surface area contributed by atoms with Gasteiger partial charge in [-0.1, -0.05) is 19.9 Å². The van der Waals surface area contributed by atoms with Gasteiger partial charge in [-0.3, -0.25) is 4.99 Å². The lowest BCUT2D eigenvalue weighted by atomic mass is 10.1. The van der Waals surface area contributed by atoms with E-state index in [1.165, 1.54) is 0 Å². The molecule has 0 spiro atoms. The molecule has 1 aromatic rings. The third kappa shape index (κ3) is 7.37. The normalized spacial score (nSPS) is 12.6. The van der Waals surface area contributed by atoms with Gasteiger partial charge < -0.3 is 15.5 Å². The molecule has 0 saturated heterocycles. The van der Waals surface area contributed by atoms with Crippen molar-refractivity contribution in [3.63, 3.8) is 0 Å². The van der Waals surface area contributed by atoms with Gasteiger partial charge >= 0.3 is 0 Å². The van der Waals surface area contributed by atoms with Crippen LogP contribution in [0, 0.1) is 5.92 Å². The van der Waals surface area contributed by atoms with Gasteiger partial charge in [0.1, 0.15) is 5.82 Å². The molecule has 0 aromatic carbocycles. The second-order valence-electron chi connectivity index (χ2n) is 5.80. The predicted molar refractivity (Wildman–Crippen MR) is 111 cm³/mol. The molecule has 0 aliphatic carbocycles. The summed E-state index contributed by atoms with van der Waals surface area (Å²) in [6, 6.07) is 4.58. The van der Waals surface area contributed by atoms with E-state index in [0.717, 1.165) is 37.0 Å². The van der Waals surface area contributed by atoms with Crippen LogP contribution in [0.1, 0.15) is 40.2 Å². The number of anilines is 1. The van der Waals surface area contributed by atoms with Crippen molar-refractivity contribution >= 4 is 35.8 Å². The smallest absolute Gasteiger partial charge is 0.191 e. The Morgan fingerprint density at radius 2 is 1.87 bits per heavy atom. The molecular weight excluding hydrogens is 401 g/mol. The van der Waals surface area contributed by atoms with Crippen LogP contribution < -0.4 is 15.5 Å². The summed E-state index contributed by atoms with van der Waals surface area (Å²) in [5.41, 5.74) is 1.15. The fourth-order valence-corrected chi connectivity index (χ4v) is 2.02. The largest absolute Gasteiger partial charge is 0.357 e. The zero-order valence-corrected chi connectivity index (χ0v) is 17.6. The minimum atomic E-state index is 0. The van der Waals surface area contributed by atoms with E-state index in [-0.39, 0.29) is 24.0 Å². The number of hydrogen-bond donors (Lipinski definition) is 2. The maximum absolute atomic E-state index is 4.54. The van der Waals surface area contributed by atoms with E-state index >= 15 is 0 Å². The minimum Gasteiger partial charge on any atom is -0.357 e. The monoisotopic (exact) mass is 433 g/mol. The first-order valence-electron chi connectivity index (χ1n) is 8.18. The molecule has 1 atom stereocenters. The van der Waals surface area contributed by atoms with Gasteiger partial charge in [0.05, 0.1) is 0 Å². The summed E-state index contributed by atoms with van der Waals surface area (Å²) in [6.07, 6.45) is 1.93. The van der Waals surface area contributed by atoms with Crippen LogP contribution in [0.3, 0.4) is 0 Å². The zero-order valence-electron chi connectivity index (χ0n) is 15.3. The molecule has 0 saturated carbocycles. The number of pyridine rings is 1. The third-order valence-corrected chi connectivity index (χ3v) is 3.94. The molecule has 1 heterocycles. The minimum absolute atomic E-state index is 0. The molecular formula is C17H32IN5. The Labute approximate surface area is 158 Å². The van der Waals surface area contributed by atoms with Crippen LogP contribution >= 0.6 is 24.0 Å². The van der Waals surface area contributed by atoms with Crippen molar-refractivity contribution in [1.82, 2.24) is 15.6 Å². The van der Waals surface area contributed by atoms with E-state index in [1.54, 1.807) is 7.05 Å². The fraction of sp³-hybridized carbons (Fsp3) is 0.647. The van der Waals surface area contributed by atoms with Crippen molar-refractivity contribution in [2.24, 2.45) is 10.9 Å². The van der Waals surface area contributed by atoms with Crippen molar-refractivity contribution in [3.8, 4) is 0 Å². The molecule has 0 aliphatic heterocycles. The Morgan fingerprint density at radius 1 is 1.22 bits per heavy atom. The highest BCUT2D eigenvalue weighted by Crippen LogP contribution is 2.10. The number of hydrogen-bond acceptors (Lipinski definition) is 3. The Morgan fingerprint density at radius 3 is 2.30 bits per heavy atom. The maximum Gasteiger partial charge on any atom is 0.191 e. The third-order valence-electron chi connectivity index (χ3n) is 3.94. The van der Waals surface area contributed by atoms with Crippen LogP contribution in [0.25, 0.3) is 0 Å². The van der Waals surface area contributed by atoms with Crippen LogP contribution in [-0.4, -0.2) is 37.1 Å². The first-order valence-corrected chi connectivity index (χ1v) is 8.18. The van der Waals surface area contributed by atoms with E-state index in [2.05, 4.69) is 72.3 Å². The first-order chi connectivity index (χ1) is 10.5. The molecule has 1 rings (SSSR count). The second-order valence-corrected chi connectivity index (χ2v) is 5.80. The highest BCUT2D eigenvalue weighted by Gasteiger charge is 2.09. The molecule has 23 heavy (non-hydrogen) atoms. The summed E-state index contributed by atoms with van der Waals surface area (Å²) < 4.78 is 0. The maximum atomic E-state index is 4.54. The van der Waals surface area contributed by atoms with Gasteiger partial charge in [0.25, 0.3) is 0 Å². The number of nitrogens with zero attached hydrogens (tertiary/aromatic N) is 3. The SMILES string of the molecule is CCN(CC)c1ccc(CNC(=NC)NC(C)C(C)C)cn1.I. The van der Waals surface area contributed by atoms with Gasteiger partial charge in [-0.05, 0) is 38.3 Å². The van der Waals surface area contributed by atoms with Crippen LogP contribution in [0.15, 0.2) is 23.3 Å². The van der Waals surface area contributed by atoms with E-state index in [4.69, 9.17) is 0 Å². The fourth-order valence-electron chi connectivity index (χ4n) is 2.02. The van der Waals surface area contributed by atoms with E-state index in [1.807, 2.05) is 6.20 Å². The van der Waals surface area contributed by atoms with Crippen molar-refractivity contribution in [1.29, 1.82) is 0 Å². The van der Waals surface area contributed by atoms with Crippen molar-refractivity contribution in [2.75, 3.05) is 25.0 Å². The predicted octanol–water partition coefficient (Wildman–Crippen LogP) is 3.26. The quantitative estimate of drug-likeness (QED) is 0.394. The molecule has 0 bridgehead atoms. The summed E-state index contributed by atoms with van der Waals surface area (Å²) >= 11 is 0. The van der Waals surface area contributed by atoms with Crippen LogP contribution in [0.2, 0.25) is 0 Å². The molecule has 6 heteroatoms. The lowest BCUT2D eigenvalue weighted by molar-refractivity contribution is 0.481. The van der Waals surface area contributed by atoms with Crippen LogP contribution in [0.5, 0.6) is 0 Å². The van der Waals surface area contributed by atoms with Gasteiger partial charge in [-0.15, -0.1) is 24.0 Å². The Balaban J connectivity index is 0.00000484. The molecule has 0 fully saturated rings. The van der Waals surface area contributed by atoms with E-state index < -0.39 is 0 Å². The Hall–Kier alpha value is -1.05. The molecule has 0 amide bonds. The number of halogens is 1. The lowest BCUT2D eigenvalue weighted by Gasteiger charge is -2.21. The first kappa shape index (κ1) is 21.9. The van der Waals surface area contributed by atoms with Crippen molar-refractivity contribution in [2.45, 2.75) is 47.2 Å². The summed E-state index contributed by atoms with van der Waals surface area (Å²) in [4.78, 5) is 11.0. The van der Waals surface area contributed by atoms with E-state index in [0.29, 0.717) is 12.0 Å². The Bertz CT molecular complexity index is 455. The van der Waals surface area contributed by atoms with Crippen molar-refractivity contribution < 1.29 is 0 Å². The van der Waals surface area contributed by atoms with E-state index in [9.17, 15) is 0 Å². The molecule has 0 aliphatic rings. The Kier molecular flexibility index (Phi) is 11.0. The summed E-state index contributed by atoms with van der Waals surface area (Å²) in [5, 5.41) is 6.73. The number of aromatic nitrogens is 1. The molecule has 0 radical (unpaired) electrons. The van der Waals surface area contributed by atoms with Crippen molar-refractivity contribution in [3.05, 3.63) is 23.9 Å². The summed E-state index contributed by atoms with van der Waals surface area (Å²) in [5.74, 6) is 2.42. The van der Waals surface area contributed by atoms with Gasteiger partial charge in [0.15, 0.2) is 5.96 Å². The van der Waals surface area contributed by atoms with Gasteiger partial charge in [-0.25, -0.2) is 4.98 Å². The molecule has 1 unspecified atom stereocenters. The number of nitrogens with one attached hydrogen (secondary N) is 2. The number of rotatable bonds is 7. The topological polar surface area (TPSA) is 52.5 Å². The van der Waals surface area contributed by atoms with Crippen LogP contribution in [0.4, 0.5) is 5.82 Å². The standard InChI is InChI=1S/C17H31N5.HI/c1-7-22(8-2)16-10-9-15(11-19-16)12-20-17(18-6)21-14(5)13(3)4;/h9-11,13-14H,7-8,12H2,1-6H3,(H2,18,20,21);1H. The van der Waals surface area contributed by atoms with Gasteiger partial charge in [-0.2, -0.15) is 0 Å². The lowest BCUT2D eigenvalue weighted by Crippen LogP contribution is -2.43. The number of aliphatic imine (C=N–C) groups is 1. The summed E-state index contributed by atoms with van der Waals surface area (Å²) in [7, 11) is 1.80. The highest BCUT2D eigenvalue weighted by atomic mass is 127. The van der Waals surface area contributed by atoms with Gasteiger partial charge in [0, 0.05) is 38.9 Å². The molecule has 1 aromatic heterocycles. The molecule has 132 valence electrons. The molecule has 2 N–H and O–H groups in total. The average molecular weight is 433 g/mol. The van der Waals surface area contributed by atoms with Gasteiger partial charge in [0.2, 0.25) is 0 Å². The number of guanidine groups is 1. The highest BCUT2D eigenvalue weighted by molar-refractivity contribution is 14.0. The summed E-state index contributed by atoms with van der Waals surface area (Å²) in [6.45, 7) is 13.5. The van der Waals surface area contributed by atoms with Crippen LogP contribution in [-0.2, 0) is 6.54 Å². The zero-order chi connectivity index (χ0) is 16.5. The molecule has 5 nitrogen and oxygen atoms in total. The average Bonchev–Trinajstić information content (AvgIpc) is 2.53.